The van der Waals surface area contributed by atoms with Gasteiger partial charge in [0.1, 0.15) is 6.54 Å². The van der Waals surface area contributed by atoms with Crippen molar-refractivity contribution in [3.8, 4) is 0 Å². The van der Waals surface area contributed by atoms with Crippen molar-refractivity contribution in [3.05, 3.63) is 29.8 Å². The number of hydrogen-bond donors (Lipinski definition) is 2. The van der Waals surface area contributed by atoms with E-state index < -0.39 is 24.7 Å². The van der Waals surface area contributed by atoms with Crippen LogP contribution < -0.4 is 10.6 Å². The third kappa shape index (κ3) is 6.89. The van der Waals surface area contributed by atoms with E-state index in [1.54, 1.807) is 26.8 Å². The first kappa shape index (κ1) is 19.8. The fraction of sp³-hybridized carbons (Fsp3) is 0.500. The Morgan fingerprint density at radius 2 is 1.92 bits per heavy atom. The van der Waals surface area contributed by atoms with Gasteiger partial charge in [0.05, 0.1) is 0 Å². The number of nitrogens with zero attached hydrogens (tertiary/aromatic N) is 1. The van der Waals surface area contributed by atoms with Gasteiger partial charge in [-0.2, -0.15) is 13.2 Å². The summed E-state index contributed by atoms with van der Waals surface area (Å²) < 4.78 is 37.9. The van der Waals surface area contributed by atoms with Crippen LogP contribution in [-0.2, 0) is 0 Å². The lowest BCUT2D eigenvalue weighted by molar-refractivity contribution is -0.140. The molecule has 0 unspecified atom stereocenters. The van der Waals surface area contributed by atoms with E-state index >= 15 is 0 Å². The quantitative estimate of drug-likeness (QED) is 0.827. The molecule has 0 aromatic heterocycles. The topological polar surface area (TPSA) is 61.4 Å². The third-order valence-corrected chi connectivity index (χ3v) is 2.94. The lowest BCUT2D eigenvalue weighted by Crippen LogP contribution is -2.39. The van der Waals surface area contributed by atoms with Gasteiger partial charge in [-0.05, 0) is 38.5 Å². The van der Waals surface area contributed by atoms with Gasteiger partial charge in [0.2, 0.25) is 0 Å². The monoisotopic (exact) mass is 345 g/mol. The fourth-order valence-corrected chi connectivity index (χ4v) is 2.08. The molecule has 5 nitrogen and oxygen atoms in total. The zero-order valence-corrected chi connectivity index (χ0v) is 13.9. The van der Waals surface area contributed by atoms with Crippen molar-refractivity contribution in [1.29, 1.82) is 0 Å². The summed E-state index contributed by atoms with van der Waals surface area (Å²) in [5, 5.41) is 5.16. The number of alkyl halides is 3. The molecule has 3 amide bonds. The molecule has 0 fully saturated rings. The zero-order valence-electron chi connectivity index (χ0n) is 13.9. The average Bonchev–Trinajstić information content (AvgIpc) is 2.44. The fourth-order valence-electron chi connectivity index (χ4n) is 2.08. The summed E-state index contributed by atoms with van der Waals surface area (Å²) in [4.78, 5) is 24.7. The number of halogens is 3. The van der Waals surface area contributed by atoms with Crippen molar-refractivity contribution >= 4 is 17.6 Å². The van der Waals surface area contributed by atoms with Gasteiger partial charge < -0.3 is 15.5 Å². The number of anilines is 1. The molecule has 1 rings (SSSR count). The van der Waals surface area contributed by atoms with Gasteiger partial charge in [-0.3, -0.25) is 4.79 Å². The van der Waals surface area contributed by atoms with Gasteiger partial charge >= 0.3 is 12.2 Å². The molecule has 0 aliphatic rings. The average molecular weight is 345 g/mol. The number of hydrogen-bond acceptors (Lipinski definition) is 2. The van der Waals surface area contributed by atoms with Gasteiger partial charge in [0.15, 0.2) is 0 Å². The van der Waals surface area contributed by atoms with Gasteiger partial charge in [-0.25, -0.2) is 4.79 Å². The molecule has 24 heavy (non-hydrogen) atoms. The molecule has 2 N–H and O–H groups in total. The van der Waals surface area contributed by atoms with Gasteiger partial charge in [0.25, 0.3) is 5.91 Å². The van der Waals surface area contributed by atoms with Crippen molar-refractivity contribution in [2.24, 2.45) is 0 Å². The summed E-state index contributed by atoms with van der Waals surface area (Å²) in [7, 11) is 0. The molecule has 0 atom stereocenters. The SMILES string of the molecule is CCCN(CC(F)(F)F)C(=O)c1cccc(NC(=O)NC(C)C)c1. The number of carbonyl (C=O) groups excluding carboxylic acids is 2. The molecule has 134 valence electrons. The largest absolute Gasteiger partial charge is 0.406 e. The second-order valence-electron chi connectivity index (χ2n) is 5.68. The summed E-state index contributed by atoms with van der Waals surface area (Å²) in [5.41, 5.74) is 0.428. The van der Waals surface area contributed by atoms with E-state index in [1.165, 1.54) is 18.2 Å². The van der Waals surface area contributed by atoms with Crippen molar-refractivity contribution in [3.63, 3.8) is 0 Å². The van der Waals surface area contributed by atoms with E-state index in [2.05, 4.69) is 10.6 Å². The molecule has 1 aromatic rings. The summed E-state index contributed by atoms with van der Waals surface area (Å²) in [6.07, 6.45) is -4.05. The van der Waals surface area contributed by atoms with E-state index in [4.69, 9.17) is 0 Å². The second-order valence-corrected chi connectivity index (χ2v) is 5.68. The van der Waals surface area contributed by atoms with Crippen LogP contribution in [0.25, 0.3) is 0 Å². The second kappa shape index (κ2) is 8.56. The Morgan fingerprint density at radius 1 is 1.25 bits per heavy atom. The van der Waals surface area contributed by atoms with Crippen molar-refractivity contribution in [2.75, 3.05) is 18.4 Å². The van der Waals surface area contributed by atoms with Gasteiger partial charge in [0, 0.05) is 23.8 Å². The minimum atomic E-state index is -4.46. The molecule has 8 heteroatoms. The molecule has 1 aromatic carbocycles. The van der Waals surface area contributed by atoms with Crippen molar-refractivity contribution < 1.29 is 22.8 Å². The molecule has 0 radical (unpaired) electrons. The normalized spacial score (nSPS) is 11.3. The van der Waals surface area contributed by atoms with Crippen LogP contribution in [-0.4, -0.2) is 42.1 Å². The van der Waals surface area contributed by atoms with Crippen LogP contribution in [0.4, 0.5) is 23.7 Å². The van der Waals surface area contributed by atoms with Crippen LogP contribution in [0.15, 0.2) is 24.3 Å². The highest BCUT2D eigenvalue weighted by atomic mass is 19.4. The number of benzene rings is 1. The Labute approximate surface area is 139 Å². The highest BCUT2D eigenvalue weighted by Crippen LogP contribution is 2.19. The molecule has 0 spiro atoms. The number of amides is 3. The van der Waals surface area contributed by atoms with Crippen LogP contribution >= 0.6 is 0 Å². The van der Waals surface area contributed by atoms with Gasteiger partial charge in [-0.15, -0.1) is 0 Å². The Bertz CT molecular complexity index is 574. The molecule has 0 saturated heterocycles. The molecule has 0 bridgehead atoms. The maximum Gasteiger partial charge on any atom is 0.406 e. The maximum absolute atomic E-state index is 12.6. The Kier molecular flexibility index (Phi) is 7.06. The third-order valence-electron chi connectivity index (χ3n) is 2.94. The van der Waals surface area contributed by atoms with E-state index in [1.807, 2.05) is 0 Å². The summed E-state index contributed by atoms with van der Waals surface area (Å²) in [6, 6.07) is 5.34. The minimum Gasteiger partial charge on any atom is -0.336 e. The van der Waals surface area contributed by atoms with E-state index in [0.717, 1.165) is 4.90 Å². The number of urea groups is 1. The predicted molar refractivity (Wildman–Crippen MR) is 86.0 cm³/mol. The Hall–Kier alpha value is -2.25. The summed E-state index contributed by atoms with van der Waals surface area (Å²) in [6.45, 7) is 3.98. The number of rotatable bonds is 6. The van der Waals surface area contributed by atoms with Crippen LogP contribution in [0.2, 0.25) is 0 Å². The van der Waals surface area contributed by atoms with E-state index in [9.17, 15) is 22.8 Å². The standard InChI is InChI=1S/C16H22F3N3O2/c1-4-8-22(10-16(17,18)19)14(23)12-6-5-7-13(9-12)21-15(24)20-11(2)3/h5-7,9,11H,4,8,10H2,1-3H3,(H2,20,21,24). The van der Waals surface area contributed by atoms with Crippen LogP contribution in [0.1, 0.15) is 37.6 Å². The first-order chi connectivity index (χ1) is 11.1. The molecule has 0 aliphatic carbocycles. The minimum absolute atomic E-state index is 0.00380. The van der Waals surface area contributed by atoms with Crippen LogP contribution in [0.5, 0.6) is 0 Å². The highest BCUT2D eigenvalue weighted by Gasteiger charge is 2.33. The molecular weight excluding hydrogens is 323 g/mol. The molecule has 0 aliphatic heterocycles. The molecular formula is C16H22F3N3O2. The lowest BCUT2D eigenvalue weighted by atomic mass is 10.1. The van der Waals surface area contributed by atoms with Crippen LogP contribution in [0, 0.1) is 0 Å². The lowest BCUT2D eigenvalue weighted by Gasteiger charge is -2.23. The molecule has 0 heterocycles. The predicted octanol–water partition coefficient (Wildman–Crippen LogP) is 3.63. The summed E-state index contributed by atoms with van der Waals surface area (Å²) in [5.74, 6) is -0.720. The number of nitrogens with one attached hydrogen (secondary N) is 2. The maximum atomic E-state index is 12.6. The highest BCUT2D eigenvalue weighted by molar-refractivity contribution is 5.97. The summed E-state index contributed by atoms with van der Waals surface area (Å²) >= 11 is 0. The van der Waals surface area contributed by atoms with Crippen molar-refractivity contribution in [1.82, 2.24) is 10.2 Å². The van der Waals surface area contributed by atoms with E-state index in [-0.39, 0.29) is 18.2 Å². The molecule has 0 saturated carbocycles. The zero-order chi connectivity index (χ0) is 18.3. The van der Waals surface area contributed by atoms with Crippen LogP contribution in [0.3, 0.4) is 0 Å². The smallest absolute Gasteiger partial charge is 0.336 e. The Balaban J connectivity index is 2.89. The first-order valence-electron chi connectivity index (χ1n) is 7.66. The van der Waals surface area contributed by atoms with E-state index in [0.29, 0.717) is 12.1 Å². The Morgan fingerprint density at radius 3 is 2.46 bits per heavy atom. The van der Waals surface area contributed by atoms with Gasteiger partial charge in [-0.1, -0.05) is 13.0 Å². The first-order valence-corrected chi connectivity index (χ1v) is 7.66. The number of carbonyl (C=O) groups is 2. The van der Waals surface area contributed by atoms with Crippen molar-refractivity contribution in [2.45, 2.75) is 39.4 Å².